The quantitative estimate of drug-likeness (QED) is 0.460. The smallest absolute Gasteiger partial charge is 0.387 e. The Balaban J connectivity index is 2.12. The lowest BCUT2D eigenvalue weighted by Gasteiger charge is -2.37. The lowest BCUT2D eigenvalue weighted by atomic mass is 9.80. The summed E-state index contributed by atoms with van der Waals surface area (Å²) in [4.78, 5) is 4.42. The summed E-state index contributed by atoms with van der Waals surface area (Å²) in [5, 5.41) is 16.4. The second kappa shape index (κ2) is 9.56. The maximum absolute atomic E-state index is 12.8. The zero-order valence-electron chi connectivity index (χ0n) is 15.2. The van der Waals surface area contributed by atoms with Gasteiger partial charge >= 0.3 is 6.61 Å². The number of ether oxygens (including phenoxy) is 2. The van der Waals surface area contributed by atoms with Crippen molar-refractivity contribution in [3.8, 4) is 11.5 Å². The molecular formula is C18H27F2N3O3. The molecule has 0 aromatic heterocycles. The predicted molar refractivity (Wildman–Crippen MR) is 95.9 cm³/mol. The van der Waals surface area contributed by atoms with Gasteiger partial charge in [-0.1, -0.05) is 12.1 Å². The maximum Gasteiger partial charge on any atom is 0.387 e. The zero-order valence-corrected chi connectivity index (χ0v) is 15.2. The summed E-state index contributed by atoms with van der Waals surface area (Å²) in [5.74, 6) is 0.779. The minimum atomic E-state index is -2.95. The summed E-state index contributed by atoms with van der Waals surface area (Å²) in [6.07, 6.45) is 2.55. The van der Waals surface area contributed by atoms with Crippen LogP contribution in [-0.4, -0.2) is 43.0 Å². The zero-order chi connectivity index (χ0) is 19.0. The number of aliphatic imine (C=N–C) groups is 1. The highest BCUT2D eigenvalue weighted by atomic mass is 19.3. The van der Waals surface area contributed by atoms with Gasteiger partial charge in [0.15, 0.2) is 17.5 Å². The molecule has 146 valence electrons. The molecule has 3 N–H and O–H groups in total. The standard InChI is InChI=1S/C18H27F2N3O3/c1-3-21-17(23-12-18(24)9-6-10-18)22-11-13-7-5-8-14(25-4-2)15(13)26-16(19)20/h5,7-8,16,24H,3-4,6,9-12H2,1-2H3,(H2,21,22,23). The molecule has 1 fully saturated rings. The third-order valence-electron chi connectivity index (χ3n) is 4.19. The van der Waals surface area contributed by atoms with Crippen LogP contribution in [0.4, 0.5) is 8.78 Å². The SMILES string of the molecule is CCNC(=NCc1cccc(OCC)c1OC(F)F)NCC1(O)CCC1. The molecule has 1 aliphatic rings. The molecule has 0 unspecified atom stereocenters. The molecule has 26 heavy (non-hydrogen) atoms. The predicted octanol–water partition coefficient (Wildman–Crippen LogP) is 2.66. The van der Waals surface area contributed by atoms with Gasteiger partial charge in [0.25, 0.3) is 0 Å². The van der Waals surface area contributed by atoms with Gasteiger partial charge in [0.1, 0.15) is 0 Å². The van der Waals surface area contributed by atoms with Gasteiger partial charge in [0.2, 0.25) is 0 Å². The number of hydrogen-bond acceptors (Lipinski definition) is 4. The number of nitrogens with zero attached hydrogens (tertiary/aromatic N) is 1. The number of benzene rings is 1. The Morgan fingerprint density at radius 1 is 1.31 bits per heavy atom. The molecule has 2 rings (SSSR count). The topological polar surface area (TPSA) is 75.1 Å². The molecule has 0 radical (unpaired) electrons. The molecular weight excluding hydrogens is 344 g/mol. The number of hydrogen-bond donors (Lipinski definition) is 3. The lowest BCUT2D eigenvalue weighted by Crippen LogP contribution is -2.50. The van der Waals surface area contributed by atoms with Gasteiger partial charge in [0, 0.05) is 18.7 Å². The van der Waals surface area contributed by atoms with E-state index >= 15 is 0 Å². The second-order valence-corrected chi connectivity index (χ2v) is 6.18. The Labute approximate surface area is 152 Å². The Hall–Kier alpha value is -2.09. The fourth-order valence-electron chi connectivity index (χ4n) is 2.69. The van der Waals surface area contributed by atoms with E-state index in [1.165, 1.54) is 0 Å². The Morgan fingerprint density at radius 2 is 2.08 bits per heavy atom. The van der Waals surface area contributed by atoms with E-state index in [0.717, 1.165) is 19.3 Å². The highest BCUT2D eigenvalue weighted by molar-refractivity contribution is 5.79. The summed E-state index contributed by atoms with van der Waals surface area (Å²) >= 11 is 0. The number of guanidine groups is 1. The first-order chi connectivity index (χ1) is 12.5. The highest BCUT2D eigenvalue weighted by Gasteiger charge is 2.34. The van der Waals surface area contributed by atoms with Crippen molar-refractivity contribution in [2.75, 3.05) is 19.7 Å². The van der Waals surface area contributed by atoms with Crippen LogP contribution in [0.15, 0.2) is 23.2 Å². The molecule has 0 aliphatic heterocycles. The summed E-state index contributed by atoms with van der Waals surface area (Å²) < 4.78 is 35.6. The number of para-hydroxylation sites is 1. The van der Waals surface area contributed by atoms with Crippen LogP contribution in [0.3, 0.4) is 0 Å². The molecule has 6 nitrogen and oxygen atoms in total. The first-order valence-corrected chi connectivity index (χ1v) is 8.91. The molecule has 0 atom stereocenters. The average Bonchev–Trinajstić information content (AvgIpc) is 2.57. The summed E-state index contributed by atoms with van der Waals surface area (Å²) in [7, 11) is 0. The molecule has 8 heteroatoms. The van der Waals surface area contributed by atoms with Gasteiger partial charge in [-0.15, -0.1) is 0 Å². The molecule has 1 saturated carbocycles. The fourth-order valence-corrected chi connectivity index (χ4v) is 2.69. The minimum Gasteiger partial charge on any atom is -0.490 e. The van der Waals surface area contributed by atoms with E-state index in [4.69, 9.17) is 4.74 Å². The maximum atomic E-state index is 12.8. The van der Waals surface area contributed by atoms with Gasteiger partial charge in [-0.3, -0.25) is 0 Å². The van der Waals surface area contributed by atoms with Crippen LogP contribution in [-0.2, 0) is 6.54 Å². The van der Waals surface area contributed by atoms with Crippen molar-refractivity contribution in [1.82, 2.24) is 10.6 Å². The number of aliphatic hydroxyl groups is 1. The molecule has 0 amide bonds. The van der Waals surface area contributed by atoms with Crippen LogP contribution < -0.4 is 20.1 Å². The van der Waals surface area contributed by atoms with E-state index in [9.17, 15) is 13.9 Å². The Bertz CT molecular complexity index is 607. The van der Waals surface area contributed by atoms with Crippen molar-refractivity contribution in [3.63, 3.8) is 0 Å². The van der Waals surface area contributed by atoms with E-state index in [2.05, 4.69) is 20.4 Å². The third kappa shape index (κ3) is 5.72. The average molecular weight is 371 g/mol. The molecule has 0 heterocycles. The summed E-state index contributed by atoms with van der Waals surface area (Å²) in [5.41, 5.74) is -0.189. The molecule has 0 spiro atoms. The first-order valence-electron chi connectivity index (χ1n) is 8.91. The van der Waals surface area contributed by atoms with Gasteiger partial charge in [-0.2, -0.15) is 8.78 Å². The van der Waals surface area contributed by atoms with Gasteiger partial charge in [-0.05, 0) is 39.2 Å². The number of nitrogens with one attached hydrogen (secondary N) is 2. The van der Waals surface area contributed by atoms with Gasteiger partial charge in [-0.25, -0.2) is 4.99 Å². The van der Waals surface area contributed by atoms with Crippen molar-refractivity contribution in [2.45, 2.75) is 51.9 Å². The van der Waals surface area contributed by atoms with Crippen molar-refractivity contribution < 1.29 is 23.4 Å². The van der Waals surface area contributed by atoms with Crippen molar-refractivity contribution in [3.05, 3.63) is 23.8 Å². The monoisotopic (exact) mass is 371 g/mol. The van der Waals surface area contributed by atoms with Gasteiger partial charge < -0.3 is 25.2 Å². The van der Waals surface area contributed by atoms with E-state index in [1.807, 2.05) is 6.92 Å². The van der Waals surface area contributed by atoms with Crippen LogP contribution in [0.2, 0.25) is 0 Å². The van der Waals surface area contributed by atoms with Crippen molar-refractivity contribution in [1.29, 1.82) is 0 Å². The lowest BCUT2D eigenvalue weighted by molar-refractivity contribution is -0.0520. The number of rotatable bonds is 9. The molecule has 1 aliphatic carbocycles. The van der Waals surface area contributed by atoms with E-state index in [1.54, 1.807) is 25.1 Å². The fraction of sp³-hybridized carbons (Fsp3) is 0.611. The number of halogens is 2. The highest BCUT2D eigenvalue weighted by Crippen LogP contribution is 2.33. The Kier molecular flexibility index (Phi) is 7.44. The van der Waals surface area contributed by atoms with Crippen LogP contribution in [0, 0.1) is 0 Å². The van der Waals surface area contributed by atoms with Crippen LogP contribution in [0.1, 0.15) is 38.7 Å². The third-order valence-corrected chi connectivity index (χ3v) is 4.19. The van der Waals surface area contributed by atoms with Crippen molar-refractivity contribution >= 4 is 5.96 Å². The number of alkyl halides is 2. The van der Waals surface area contributed by atoms with E-state index in [-0.39, 0.29) is 18.0 Å². The van der Waals surface area contributed by atoms with E-state index < -0.39 is 12.2 Å². The Morgan fingerprint density at radius 3 is 2.65 bits per heavy atom. The molecule has 1 aromatic rings. The first kappa shape index (κ1) is 20.2. The van der Waals surface area contributed by atoms with Crippen LogP contribution in [0.25, 0.3) is 0 Å². The summed E-state index contributed by atoms with van der Waals surface area (Å²) in [6.45, 7) is 2.28. The molecule has 0 saturated heterocycles. The largest absolute Gasteiger partial charge is 0.490 e. The van der Waals surface area contributed by atoms with Crippen LogP contribution >= 0.6 is 0 Å². The summed E-state index contributed by atoms with van der Waals surface area (Å²) in [6, 6.07) is 4.97. The molecule has 1 aromatic carbocycles. The van der Waals surface area contributed by atoms with Crippen molar-refractivity contribution in [2.24, 2.45) is 4.99 Å². The van der Waals surface area contributed by atoms with Gasteiger partial charge in [0.05, 0.1) is 18.8 Å². The molecule has 0 bridgehead atoms. The second-order valence-electron chi connectivity index (χ2n) is 6.18. The minimum absolute atomic E-state index is 0.00145. The van der Waals surface area contributed by atoms with E-state index in [0.29, 0.717) is 31.2 Å². The normalized spacial score (nSPS) is 16.2. The van der Waals surface area contributed by atoms with Crippen LogP contribution in [0.5, 0.6) is 11.5 Å².